The molecule has 0 bridgehead atoms. The van der Waals surface area contributed by atoms with Gasteiger partial charge in [0, 0.05) is 18.4 Å². The highest BCUT2D eigenvalue weighted by molar-refractivity contribution is 7.99. The summed E-state index contributed by atoms with van der Waals surface area (Å²) in [5, 5.41) is 7.48. The molecule has 1 N–H and O–H groups in total. The van der Waals surface area contributed by atoms with Gasteiger partial charge in [0.15, 0.2) is 0 Å². The summed E-state index contributed by atoms with van der Waals surface area (Å²) in [6.45, 7) is 4.26. The lowest BCUT2D eigenvalue weighted by atomic mass is 10.3. The third-order valence-electron chi connectivity index (χ3n) is 2.58. The number of hydrogen-bond donors (Lipinski definition) is 1. The highest BCUT2D eigenvalue weighted by Gasteiger charge is 2.09. The maximum Gasteiger partial charge on any atom is 0.256 e. The molecule has 108 valence electrons. The average molecular weight is 313 g/mol. The van der Waals surface area contributed by atoms with E-state index >= 15 is 0 Å². The smallest absolute Gasteiger partial charge is 0.256 e. The Morgan fingerprint density at radius 1 is 1.40 bits per heavy atom. The minimum atomic E-state index is 0.156. The van der Waals surface area contributed by atoms with E-state index in [0.717, 1.165) is 17.9 Å². The molecule has 0 aliphatic carbocycles. The predicted molar refractivity (Wildman–Crippen MR) is 82.7 cm³/mol. The molecule has 0 fully saturated rings. The lowest BCUT2D eigenvalue weighted by Gasteiger charge is -2.13. The molecule has 2 rings (SSSR count). The van der Waals surface area contributed by atoms with Crippen molar-refractivity contribution in [2.24, 2.45) is 0 Å². The van der Waals surface area contributed by atoms with Crippen LogP contribution < -0.4 is 5.32 Å². The van der Waals surface area contributed by atoms with Gasteiger partial charge in [-0.1, -0.05) is 6.92 Å². The highest BCUT2D eigenvalue weighted by atomic mass is 35.5. The molecule has 2 heterocycles. The van der Waals surface area contributed by atoms with E-state index in [2.05, 4.69) is 39.2 Å². The standard InChI is InChI=1S/C12H17ClN6S/c1-3-20-8-5-9(2)15-11-16-10(13)17-12(18-11)19-7-4-6-14-19/h4,6-7,9H,3,5,8H2,1-2H3,(H,15,16,17,18). The molecule has 6 nitrogen and oxygen atoms in total. The fourth-order valence-corrected chi connectivity index (χ4v) is 2.56. The van der Waals surface area contributed by atoms with E-state index < -0.39 is 0 Å². The largest absolute Gasteiger partial charge is 0.352 e. The van der Waals surface area contributed by atoms with Crippen molar-refractivity contribution in [3.05, 3.63) is 23.7 Å². The van der Waals surface area contributed by atoms with Gasteiger partial charge in [0.2, 0.25) is 11.2 Å². The molecule has 0 spiro atoms. The topological polar surface area (TPSA) is 68.5 Å². The van der Waals surface area contributed by atoms with E-state index in [-0.39, 0.29) is 11.3 Å². The first-order valence-corrected chi connectivity index (χ1v) is 7.98. The fourth-order valence-electron chi connectivity index (χ4n) is 1.59. The van der Waals surface area contributed by atoms with Gasteiger partial charge in [-0.3, -0.25) is 0 Å². The first-order chi connectivity index (χ1) is 9.69. The fraction of sp³-hybridized carbons (Fsp3) is 0.500. The zero-order valence-electron chi connectivity index (χ0n) is 11.5. The predicted octanol–water partition coefficient (Wildman–Crippen LogP) is 2.65. The molecule has 0 radical (unpaired) electrons. The summed E-state index contributed by atoms with van der Waals surface area (Å²) in [5.41, 5.74) is 0. The van der Waals surface area contributed by atoms with Crippen molar-refractivity contribution in [1.82, 2.24) is 24.7 Å². The summed E-state index contributed by atoms with van der Waals surface area (Å²) >= 11 is 7.85. The molecule has 8 heteroatoms. The molecule has 0 aromatic carbocycles. The van der Waals surface area contributed by atoms with Gasteiger partial charge in [-0.05, 0) is 42.5 Å². The zero-order chi connectivity index (χ0) is 14.4. The summed E-state index contributed by atoms with van der Waals surface area (Å²) in [4.78, 5) is 12.5. The van der Waals surface area contributed by atoms with Gasteiger partial charge >= 0.3 is 0 Å². The van der Waals surface area contributed by atoms with Crippen LogP contribution in [-0.2, 0) is 0 Å². The third kappa shape index (κ3) is 4.35. The monoisotopic (exact) mass is 312 g/mol. The van der Waals surface area contributed by atoms with Crippen LogP contribution in [0.4, 0.5) is 5.95 Å². The molecule has 2 aromatic rings. The number of anilines is 1. The lowest BCUT2D eigenvalue weighted by Crippen LogP contribution is -2.19. The average Bonchev–Trinajstić information content (AvgIpc) is 2.92. The Balaban J connectivity index is 2.05. The SMILES string of the molecule is CCSCCC(C)Nc1nc(Cl)nc(-n2cccn2)n1. The first-order valence-electron chi connectivity index (χ1n) is 6.45. The molecular weight excluding hydrogens is 296 g/mol. The second-order valence-electron chi connectivity index (χ2n) is 4.21. The number of thioether (sulfide) groups is 1. The van der Waals surface area contributed by atoms with Crippen molar-refractivity contribution < 1.29 is 0 Å². The summed E-state index contributed by atoms with van der Waals surface area (Å²) in [5.74, 6) is 3.13. The van der Waals surface area contributed by atoms with Crippen LogP contribution in [0.5, 0.6) is 0 Å². The number of nitrogens with one attached hydrogen (secondary N) is 1. The van der Waals surface area contributed by atoms with Crippen LogP contribution in [0.25, 0.3) is 5.95 Å². The van der Waals surface area contributed by atoms with Crippen molar-refractivity contribution in [3.63, 3.8) is 0 Å². The van der Waals surface area contributed by atoms with Crippen LogP contribution in [-0.4, -0.2) is 42.3 Å². The molecule has 0 aliphatic rings. The van der Waals surface area contributed by atoms with Gasteiger partial charge in [-0.15, -0.1) is 0 Å². The molecule has 2 aromatic heterocycles. The third-order valence-corrected chi connectivity index (χ3v) is 3.68. The van der Waals surface area contributed by atoms with Crippen LogP contribution in [0.2, 0.25) is 5.28 Å². The Labute approximate surface area is 127 Å². The molecule has 20 heavy (non-hydrogen) atoms. The minimum Gasteiger partial charge on any atom is -0.352 e. The van der Waals surface area contributed by atoms with E-state index in [0.29, 0.717) is 11.9 Å². The molecule has 0 amide bonds. The number of aromatic nitrogens is 5. The van der Waals surface area contributed by atoms with Crippen molar-refractivity contribution in [3.8, 4) is 5.95 Å². The minimum absolute atomic E-state index is 0.156. The van der Waals surface area contributed by atoms with Crippen LogP contribution in [0.15, 0.2) is 18.5 Å². The van der Waals surface area contributed by atoms with E-state index in [4.69, 9.17) is 11.6 Å². The molecule has 1 atom stereocenters. The zero-order valence-corrected chi connectivity index (χ0v) is 13.0. The summed E-state index contributed by atoms with van der Waals surface area (Å²) in [6.07, 6.45) is 4.46. The van der Waals surface area contributed by atoms with Gasteiger partial charge in [0.05, 0.1) is 0 Å². The molecule has 0 aliphatic heterocycles. The van der Waals surface area contributed by atoms with Crippen molar-refractivity contribution in [2.75, 3.05) is 16.8 Å². The Bertz CT molecular complexity index is 533. The maximum atomic E-state index is 5.93. The summed E-state index contributed by atoms with van der Waals surface area (Å²) in [6, 6.07) is 2.08. The van der Waals surface area contributed by atoms with Crippen LogP contribution in [0, 0.1) is 0 Å². The molecule has 1 unspecified atom stereocenters. The quantitative estimate of drug-likeness (QED) is 0.793. The van der Waals surface area contributed by atoms with Gasteiger partial charge in [-0.2, -0.15) is 31.8 Å². The maximum absolute atomic E-state index is 5.93. The van der Waals surface area contributed by atoms with E-state index in [1.54, 1.807) is 23.1 Å². The number of halogens is 1. The Morgan fingerprint density at radius 2 is 2.25 bits per heavy atom. The second kappa shape index (κ2) is 7.44. The number of nitrogens with zero attached hydrogens (tertiary/aromatic N) is 5. The Morgan fingerprint density at radius 3 is 2.95 bits per heavy atom. The Hall–Kier alpha value is -1.34. The molecule has 0 saturated heterocycles. The first kappa shape index (κ1) is 15.1. The van der Waals surface area contributed by atoms with Gasteiger partial charge in [0.25, 0.3) is 5.95 Å². The second-order valence-corrected chi connectivity index (χ2v) is 5.94. The highest BCUT2D eigenvalue weighted by Crippen LogP contribution is 2.12. The van der Waals surface area contributed by atoms with E-state index in [1.807, 2.05) is 11.8 Å². The van der Waals surface area contributed by atoms with Crippen LogP contribution in [0.3, 0.4) is 0 Å². The van der Waals surface area contributed by atoms with E-state index in [1.165, 1.54) is 0 Å². The van der Waals surface area contributed by atoms with Crippen LogP contribution in [0.1, 0.15) is 20.3 Å². The summed E-state index contributed by atoms with van der Waals surface area (Å²) < 4.78 is 1.55. The number of hydrogen-bond acceptors (Lipinski definition) is 6. The van der Waals surface area contributed by atoms with Crippen molar-refractivity contribution >= 4 is 29.3 Å². The number of rotatable bonds is 7. The molecular formula is C12H17ClN6S. The van der Waals surface area contributed by atoms with Crippen molar-refractivity contribution in [2.45, 2.75) is 26.3 Å². The van der Waals surface area contributed by atoms with Gasteiger partial charge in [0.1, 0.15) is 0 Å². The van der Waals surface area contributed by atoms with Crippen LogP contribution >= 0.6 is 23.4 Å². The van der Waals surface area contributed by atoms with Gasteiger partial charge < -0.3 is 5.32 Å². The summed E-state index contributed by atoms with van der Waals surface area (Å²) in [7, 11) is 0. The Kier molecular flexibility index (Phi) is 5.60. The normalized spacial score (nSPS) is 12.3. The lowest BCUT2D eigenvalue weighted by molar-refractivity contribution is 0.745. The van der Waals surface area contributed by atoms with Crippen molar-refractivity contribution in [1.29, 1.82) is 0 Å². The van der Waals surface area contributed by atoms with Gasteiger partial charge in [-0.25, -0.2) is 4.68 Å². The van der Waals surface area contributed by atoms with E-state index in [9.17, 15) is 0 Å². The molecule has 0 saturated carbocycles.